The van der Waals surface area contributed by atoms with Crippen molar-refractivity contribution in [3.8, 4) is 0 Å². The van der Waals surface area contributed by atoms with Gasteiger partial charge in [-0.15, -0.1) is 0 Å². The van der Waals surface area contributed by atoms with Crippen molar-refractivity contribution in [1.82, 2.24) is 10.3 Å². The number of fused-ring (bicyclic) bond motifs is 1. The lowest BCUT2D eigenvalue weighted by Gasteiger charge is -2.23. The molecule has 4 nitrogen and oxygen atoms in total. The van der Waals surface area contributed by atoms with Crippen molar-refractivity contribution >= 4 is 16.7 Å². The molecule has 0 bridgehead atoms. The van der Waals surface area contributed by atoms with Crippen LogP contribution in [0.4, 0.5) is 5.82 Å². The molecule has 2 heterocycles. The molecule has 1 aromatic carbocycles. The highest BCUT2D eigenvalue weighted by atomic mass is 16.3. The number of nitrogens with one attached hydrogen (secondary N) is 1. The molecule has 0 saturated carbocycles. The normalized spacial score (nSPS) is 22.6. The lowest BCUT2D eigenvalue weighted by atomic mass is 10.1. The van der Waals surface area contributed by atoms with Gasteiger partial charge in [-0.3, -0.25) is 0 Å². The van der Waals surface area contributed by atoms with Crippen LogP contribution in [0.5, 0.6) is 0 Å². The van der Waals surface area contributed by atoms with Crippen LogP contribution in [0.25, 0.3) is 10.9 Å². The van der Waals surface area contributed by atoms with Gasteiger partial charge in [-0.25, -0.2) is 4.98 Å². The van der Waals surface area contributed by atoms with E-state index in [1.54, 1.807) is 0 Å². The number of hydrogen-bond acceptors (Lipinski definition) is 4. The van der Waals surface area contributed by atoms with Crippen LogP contribution >= 0.6 is 0 Å². The van der Waals surface area contributed by atoms with E-state index in [4.69, 9.17) is 4.98 Å². The van der Waals surface area contributed by atoms with Gasteiger partial charge in [-0.05, 0) is 32.5 Å². The fourth-order valence-electron chi connectivity index (χ4n) is 2.87. The number of para-hydroxylation sites is 1. The Hall–Kier alpha value is -1.65. The van der Waals surface area contributed by atoms with Gasteiger partial charge in [0.15, 0.2) is 0 Å². The second kappa shape index (κ2) is 5.04. The van der Waals surface area contributed by atoms with E-state index in [2.05, 4.69) is 22.3 Å². The second-order valence-corrected chi connectivity index (χ2v) is 5.86. The third-order valence-corrected chi connectivity index (χ3v) is 3.90. The summed E-state index contributed by atoms with van der Waals surface area (Å²) in [6, 6.07) is 10.4. The number of rotatable bonds is 3. The minimum atomic E-state index is -0.607. The maximum Gasteiger partial charge on any atom is 0.133 e. The van der Waals surface area contributed by atoms with Crippen LogP contribution in [-0.2, 0) is 6.54 Å². The predicted molar refractivity (Wildman–Crippen MR) is 82.0 cm³/mol. The molecular formula is C16H21N3O. The van der Waals surface area contributed by atoms with Crippen molar-refractivity contribution in [2.24, 2.45) is 0 Å². The molecule has 106 valence electrons. The Morgan fingerprint density at radius 1 is 1.40 bits per heavy atom. The Balaban J connectivity index is 2.05. The summed E-state index contributed by atoms with van der Waals surface area (Å²) in [6.45, 7) is 4.18. The Bertz CT molecular complexity index is 624. The number of aromatic nitrogens is 1. The van der Waals surface area contributed by atoms with Gasteiger partial charge in [0.1, 0.15) is 5.82 Å². The molecule has 4 heteroatoms. The molecule has 0 spiro atoms. The summed E-state index contributed by atoms with van der Waals surface area (Å²) in [4.78, 5) is 7.01. The summed E-state index contributed by atoms with van der Waals surface area (Å²) >= 11 is 0. The molecule has 0 radical (unpaired) electrons. The van der Waals surface area contributed by atoms with Gasteiger partial charge in [-0.2, -0.15) is 0 Å². The van der Waals surface area contributed by atoms with Crippen LogP contribution in [0, 0.1) is 0 Å². The highest BCUT2D eigenvalue weighted by molar-refractivity contribution is 5.81. The number of nitrogens with zero attached hydrogens (tertiary/aromatic N) is 2. The highest BCUT2D eigenvalue weighted by Gasteiger charge is 2.32. The van der Waals surface area contributed by atoms with E-state index in [1.165, 1.54) is 5.56 Å². The molecule has 2 aromatic rings. The number of pyridine rings is 1. The van der Waals surface area contributed by atoms with Crippen molar-refractivity contribution < 1.29 is 5.11 Å². The average molecular weight is 271 g/mol. The lowest BCUT2D eigenvalue weighted by molar-refractivity contribution is 0.0839. The minimum absolute atomic E-state index is 0.607. The van der Waals surface area contributed by atoms with E-state index in [9.17, 15) is 5.11 Å². The quantitative estimate of drug-likeness (QED) is 0.895. The van der Waals surface area contributed by atoms with E-state index < -0.39 is 5.60 Å². The fraction of sp³-hybridized carbons (Fsp3) is 0.438. The third kappa shape index (κ3) is 2.49. The number of hydrogen-bond donors (Lipinski definition) is 2. The molecular weight excluding hydrogens is 250 g/mol. The van der Waals surface area contributed by atoms with Gasteiger partial charge in [0, 0.05) is 30.6 Å². The maximum absolute atomic E-state index is 10.2. The first kappa shape index (κ1) is 13.3. The number of benzene rings is 1. The number of aliphatic hydroxyl groups is 1. The molecule has 1 aromatic heterocycles. The first-order chi connectivity index (χ1) is 9.59. The maximum atomic E-state index is 10.2. The Morgan fingerprint density at radius 3 is 2.90 bits per heavy atom. The summed E-state index contributed by atoms with van der Waals surface area (Å²) < 4.78 is 0. The van der Waals surface area contributed by atoms with E-state index in [0.29, 0.717) is 6.54 Å². The lowest BCUT2D eigenvalue weighted by Crippen LogP contribution is -2.30. The van der Waals surface area contributed by atoms with Gasteiger partial charge in [-0.1, -0.05) is 18.2 Å². The van der Waals surface area contributed by atoms with Gasteiger partial charge in [0.05, 0.1) is 11.1 Å². The summed E-state index contributed by atoms with van der Waals surface area (Å²) in [6.07, 6.45) is 0.792. The number of β-amino-alcohol motifs (C(OH)–C–C–N with tert-alkyl or cyclic N) is 1. The van der Waals surface area contributed by atoms with Crippen LogP contribution in [0.1, 0.15) is 18.9 Å². The van der Waals surface area contributed by atoms with E-state index >= 15 is 0 Å². The zero-order chi connectivity index (χ0) is 14.2. The summed E-state index contributed by atoms with van der Waals surface area (Å²) in [5.74, 6) is 0.996. The summed E-state index contributed by atoms with van der Waals surface area (Å²) in [7, 11) is 1.94. The highest BCUT2D eigenvalue weighted by Crippen LogP contribution is 2.29. The molecule has 1 fully saturated rings. The van der Waals surface area contributed by atoms with Crippen LogP contribution in [0.2, 0.25) is 0 Å². The zero-order valence-corrected chi connectivity index (χ0v) is 12.1. The SMILES string of the molecule is CNCc1cc2ccccc2nc1N1CCC(C)(O)C1. The van der Waals surface area contributed by atoms with Crippen LogP contribution < -0.4 is 10.2 Å². The average Bonchev–Trinajstić information content (AvgIpc) is 2.78. The van der Waals surface area contributed by atoms with Crippen molar-refractivity contribution in [1.29, 1.82) is 0 Å². The summed E-state index contributed by atoms with van der Waals surface area (Å²) in [5, 5.41) is 14.5. The molecule has 20 heavy (non-hydrogen) atoms. The predicted octanol–water partition coefficient (Wildman–Crippen LogP) is 1.92. The Labute approximate surface area is 119 Å². The third-order valence-electron chi connectivity index (χ3n) is 3.90. The van der Waals surface area contributed by atoms with Gasteiger partial charge >= 0.3 is 0 Å². The standard InChI is InChI=1S/C16H21N3O/c1-16(20)7-8-19(11-16)15-13(10-17-2)9-12-5-3-4-6-14(12)18-15/h3-6,9,17,20H,7-8,10-11H2,1-2H3. The first-order valence-electron chi connectivity index (χ1n) is 7.10. The van der Waals surface area contributed by atoms with Crippen molar-refractivity contribution in [2.45, 2.75) is 25.5 Å². The van der Waals surface area contributed by atoms with Crippen molar-refractivity contribution in [3.05, 3.63) is 35.9 Å². The smallest absolute Gasteiger partial charge is 0.133 e. The second-order valence-electron chi connectivity index (χ2n) is 5.86. The van der Waals surface area contributed by atoms with E-state index in [1.807, 2.05) is 32.2 Å². The Kier molecular flexibility index (Phi) is 3.36. The molecule has 1 saturated heterocycles. The number of anilines is 1. The van der Waals surface area contributed by atoms with Gasteiger partial charge in [0.25, 0.3) is 0 Å². The molecule has 3 rings (SSSR count). The topological polar surface area (TPSA) is 48.4 Å². The largest absolute Gasteiger partial charge is 0.388 e. The van der Waals surface area contributed by atoms with Crippen LogP contribution in [0.3, 0.4) is 0 Å². The van der Waals surface area contributed by atoms with Gasteiger partial charge in [0.2, 0.25) is 0 Å². The van der Waals surface area contributed by atoms with Crippen molar-refractivity contribution in [2.75, 3.05) is 25.0 Å². The fourth-order valence-corrected chi connectivity index (χ4v) is 2.87. The molecule has 0 amide bonds. The van der Waals surface area contributed by atoms with E-state index in [-0.39, 0.29) is 0 Å². The molecule has 0 aliphatic carbocycles. The van der Waals surface area contributed by atoms with Crippen LogP contribution in [-0.4, -0.2) is 35.8 Å². The first-order valence-corrected chi connectivity index (χ1v) is 7.10. The molecule has 1 unspecified atom stereocenters. The van der Waals surface area contributed by atoms with Crippen LogP contribution in [0.15, 0.2) is 30.3 Å². The minimum Gasteiger partial charge on any atom is -0.388 e. The monoisotopic (exact) mass is 271 g/mol. The Morgan fingerprint density at radius 2 is 2.20 bits per heavy atom. The molecule has 1 atom stereocenters. The van der Waals surface area contributed by atoms with Gasteiger partial charge < -0.3 is 15.3 Å². The summed E-state index contributed by atoms with van der Waals surface area (Å²) in [5.41, 5.74) is 1.59. The molecule has 1 aliphatic heterocycles. The molecule has 2 N–H and O–H groups in total. The van der Waals surface area contributed by atoms with E-state index in [0.717, 1.165) is 36.2 Å². The zero-order valence-electron chi connectivity index (χ0n) is 12.1. The van der Waals surface area contributed by atoms with Crippen molar-refractivity contribution in [3.63, 3.8) is 0 Å². The molecule has 1 aliphatic rings.